The van der Waals surface area contributed by atoms with Crippen LogP contribution in [0.15, 0.2) is 36.5 Å². The summed E-state index contributed by atoms with van der Waals surface area (Å²) in [7, 11) is 0. The molecule has 162 valence electrons. The number of nitrogens with zero attached hydrogens (tertiary/aromatic N) is 4. The molecule has 1 fully saturated rings. The quantitative estimate of drug-likeness (QED) is 0.680. The third kappa shape index (κ3) is 4.60. The maximum Gasteiger partial charge on any atom is 0.417 e. The van der Waals surface area contributed by atoms with Gasteiger partial charge >= 0.3 is 6.18 Å². The molecule has 1 aliphatic heterocycles. The van der Waals surface area contributed by atoms with Crippen molar-refractivity contribution in [1.29, 1.82) is 0 Å². The lowest BCUT2D eigenvalue weighted by molar-refractivity contribution is -0.137. The molecule has 0 atom stereocenters. The number of carbonyl (C=O) groups excluding carboxylic acids is 1. The number of piperidine rings is 1. The number of halogens is 3. The molecule has 2 aromatic heterocycles. The molecule has 31 heavy (non-hydrogen) atoms. The Morgan fingerprint density at radius 3 is 2.32 bits per heavy atom. The van der Waals surface area contributed by atoms with Crippen LogP contribution >= 0.6 is 0 Å². The number of hydrogen-bond donors (Lipinski definition) is 1. The van der Waals surface area contributed by atoms with Crippen LogP contribution in [0.4, 0.5) is 19.0 Å². The number of aromatic nitrogens is 3. The Labute approximate surface area is 177 Å². The summed E-state index contributed by atoms with van der Waals surface area (Å²) in [4.78, 5) is 27.6. The van der Waals surface area contributed by atoms with Crippen molar-refractivity contribution in [3.05, 3.63) is 59.0 Å². The summed E-state index contributed by atoms with van der Waals surface area (Å²) < 4.78 is 38.1. The maximum atomic E-state index is 12.7. The zero-order valence-electron chi connectivity index (χ0n) is 17.2. The van der Waals surface area contributed by atoms with Crippen LogP contribution < -0.4 is 10.2 Å². The molecule has 3 heterocycles. The van der Waals surface area contributed by atoms with Crippen LogP contribution in [-0.4, -0.2) is 40.0 Å². The lowest BCUT2D eigenvalue weighted by Crippen LogP contribution is -2.45. The SMILES string of the molecule is Cc1nc2ccc(C(=O)NC3CCN(c4ccc(C(F)(F)F)cn4)CC3)cc2nc1C. The van der Waals surface area contributed by atoms with Gasteiger partial charge in [0.05, 0.1) is 28.0 Å². The third-order valence-electron chi connectivity index (χ3n) is 5.57. The fourth-order valence-corrected chi connectivity index (χ4v) is 3.63. The van der Waals surface area contributed by atoms with E-state index >= 15 is 0 Å². The first-order chi connectivity index (χ1) is 14.7. The number of aryl methyl sites for hydroxylation is 2. The summed E-state index contributed by atoms with van der Waals surface area (Å²) in [5.41, 5.74) is 2.88. The average Bonchev–Trinajstić information content (AvgIpc) is 2.74. The van der Waals surface area contributed by atoms with Crippen LogP contribution in [0.3, 0.4) is 0 Å². The van der Waals surface area contributed by atoms with E-state index in [4.69, 9.17) is 0 Å². The molecule has 6 nitrogen and oxygen atoms in total. The van der Waals surface area contributed by atoms with Crippen molar-refractivity contribution in [3.63, 3.8) is 0 Å². The molecule has 9 heteroatoms. The number of nitrogens with one attached hydrogen (secondary N) is 1. The topological polar surface area (TPSA) is 71.0 Å². The Morgan fingerprint density at radius 1 is 1.03 bits per heavy atom. The van der Waals surface area contributed by atoms with Gasteiger partial charge in [0.25, 0.3) is 5.91 Å². The first-order valence-electron chi connectivity index (χ1n) is 10.0. The van der Waals surface area contributed by atoms with Crippen molar-refractivity contribution in [2.24, 2.45) is 0 Å². The van der Waals surface area contributed by atoms with Gasteiger partial charge in [0, 0.05) is 30.9 Å². The number of anilines is 1. The van der Waals surface area contributed by atoms with E-state index in [1.807, 2.05) is 18.7 Å². The van der Waals surface area contributed by atoms with Gasteiger partial charge < -0.3 is 10.2 Å². The zero-order chi connectivity index (χ0) is 22.2. The highest BCUT2D eigenvalue weighted by atomic mass is 19.4. The number of pyridine rings is 1. The lowest BCUT2D eigenvalue weighted by Gasteiger charge is -2.33. The Hall–Kier alpha value is -3.23. The van der Waals surface area contributed by atoms with Crippen LogP contribution in [-0.2, 0) is 6.18 Å². The van der Waals surface area contributed by atoms with Crippen LogP contribution in [0.5, 0.6) is 0 Å². The fraction of sp³-hybridized carbons (Fsp3) is 0.364. The monoisotopic (exact) mass is 429 g/mol. The van der Waals surface area contributed by atoms with Gasteiger partial charge in [-0.1, -0.05) is 0 Å². The van der Waals surface area contributed by atoms with Gasteiger partial charge in [-0.05, 0) is 57.0 Å². The average molecular weight is 429 g/mol. The number of fused-ring (bicyclic) bond motifs is 1. The minimum atomic E-state index is -4.39. The molecule has 1 N–H and O–H groups in total. The van der Waals surface area contributed by atoms with Crippen LogP contribution in [0.1, 0.15) is 40.2 Å². The molecular weight excluding hydrogens is 407 g/mol. The van der Waals surface area contributed by atoms with E-state index in [9.17, 15) is 18.0 Å². The molecule has 1 aromatic carbocycles. The second-order valence-corrected chi connectivity index (χ2v) is 7.74. The van der Waals surface area contributed by atoms with E-state index in [0.717, 1.165) is 29.2 Å². The predicted octanol–water partition coefficient (Wildman–Crippen LogP) is 4.06. The summed E-state index contributed by atoms with van der Waals surface area (Å²) in [5.74, 6) is 0.338. The molecule has 1 aliphatic rings. The van der Waals surface area contributed by atoms with Gasteiger partial charge in [-0.25, -0.2) is 15.0 Å². The van der Waals surface area contributed by atoms with Gasteiger partial charge in [0.2, 0.25) is 0 Å². The first-order valence-corrected chi connectivity index (χ1v) is 10.0. The van der Waals surface area contributed by atoms with Crippen molar-refractivity contribution in [2.75, 3.05) is 18.0 Å². The minimum absolute atomic E-state index is 0.0141. The highest BCUT2D eigenvalue weighted by Gasteiger charge is 2.31. The minimum Gasteiger partial charge on any atom is -0.356 e. The first kappa shape index (κ1) is 21.0. The molecule has 1 amide bonds. The van der Waals surface area contributed by atoms with Gasteiger partial charge in [-0.2, -0.15) is 13.2 Å². The number of carbonyl (C=O) groups is 1. The van der Waals surface area contributed by atoms with Crippen molar-refractivity contribution < 1.29 is 18.0 Å². The Balaban J connectivity index is 1.37. The van der Waals surface area contributed by atoms with E-state index in [0.29, 0.717) is 42.8 Å². The Morgan fingerprint density at radius 2 is 1.71 bits per heavy atom. The van der Waals surface area contributed by atoms with E-state index in [2.05, 4.69) is 20.3 Å². The maximum absolute atomic E-state index is 12.7. The largest absolute Gasteiger partial charge is 0.417 e. The number of benzene rings is 1. The molecule has 0 saturated carbocycles. The highest BCUT2D eigenvalue weighted by Crippen LogP contribution is 2.29. The highest BCUT2D eigenvalue weighted by molar-refractivity contribution is 5.97. The van der Waals surface area contributed by atoms with Gasteiger partial charge in [-0.15, -0.1) is 0 Å². The molecule has 1 saturated heterocycles. The van der Waals surface area contributed by atoms with Crippen molar-refractivity contribution in [3.8, 4) is 0 Å². The molecule has 0 bridgehead atoms. The Bertz CT molecular complexity index is 1110. The van der Waals surface area contributed by atoms with Crippen molar-refractivity contribution >= 4 is 22.8 Å². The molecule has 0 aliphatic carbocycles. The predicted molar refractivity (Wildman–Crippen MR) is 111 cm³/mol. The van der Waals surface area contributed by atoms with Crippen molar-refractivity contribution in [1.82, 2.24) is 20.3 Å². The van der Waals surface area contributed by atoms with E-state index < -0.39 is 11.7 Å². The summed E-state index contributed by atoms with van der Waals surface area (Å²) in [6.45, 7) is 4.98. The van der Waals surface area contributed by atoms with Crippen LogP contribution in [0.2, 0.25) is 0 Å². The molecule has 3 aromatic rings. The normalized spacial score (nSPS) is 15.3. The van der Waals surface area contributed by atoms with Gasteiger partial charge in [0.15, 0.2) is 0 Å². The van der Waals surface area contributed by atoms with Gasteiger partial charge in [-0.3, -0.25) is 4.79 Å². The van der Waals surface area contributed by atoms with Crippen molar-refractivity contribution in [2.45, 2.75) is 38.9 Å². The molecule has 4 rings (SSSR count). The zero-order valence-corrected chi connectivity index (χ0v) is 17.2. The number of amides is 1. The van der Waals surface area contributed by atoms with E-state index in [1.165, 1.54) is 6.07 Å². The number of alkyl halides is 3. The van der Waals surface area contributed by atoms with Gasteiger partial charge in [0.1, 0.15) is 5.82 Å². The van der Waals surface area contributed by atoms with E-state index in [-0.39, 0.29) is 11.9 Å². The molecule has 0 spiro atoms. The smallest absolute Gasteiger partial charge is 0.356 e. The lowest BCUT2D eigenvalue weighted by atomic mass is 10.0. The fourth-order valence-electron chi connectivity index (χ4n) is 3.63. The molecule has 0 unspecified atom stereocenters. The third-order valence-corrected chi connectivity index (χ3v) is 5.57. The summed E-state index contributed by atoms with van der Waals surface area (Å²) in [5, 5.41) is 3.04. The van der Waals surface area contributed by atoms with Crippen LogP contribution in [0, 0.1) is 13.8 Å². The molecule has 0 radical (unpaired) electrons. The number of rotatable bonds is 3. The molecular formula is C22H22F3N5O. The summed E-state index contributed by atoms with van der Waals surface area (Å²) in [6.07, 6.45) is -2.18. The number of hydrogen-bond acceptors (Lipinski definition) is 5. The second kappa shape index (κ2) is 8.13. The standard InChI is InChI=1S/C22H22F3N5O/c1-13-14(2)28-19-11-15(3-5-18(19)27-13)21(31)29-17-7-9-30(10-8-17)20-6-4-16(12-26-20)22(23,24)25/h3-6,11-12,17H,7-10H2,1-2H3,(H,29,31). The Kier molecular flexibility index (Phi) is 5.51. The second-order valence-electron chi connectivity index (χ2n) is 7.74. The summed E-state index contributed by atoms with van der Waals surface area (Å²) in [6, 6.07) is 7.69. The van der Waals surface area contributed by atoms with E-state index in [1.54, 1.807) is 18.2 Å². The van der Waals surface area contributed by atoms with Crippen LogP contribution in [0.25, 0.3) is 11.0 Å². The summed E-state index contributed by atoms with van der Waals surface area (Å²) >= 11 is 0.